The minimum atomic E-state index is -1.07. The molecule has 76 valence electrons. The Morgan fingerprint density at radius 3 is 2.07 bits per heavy atom. The summed E-state index contributed by atoms with van der Waals surface area (Å²) in [5, 5.41) is 0. The molecule has 0 unspecified atom stereocenters. The van der Waals surface area contributed by atoms with Gasteiger partial charge in [-0.2, -0.15) is 0 Å². The molecular formula is C12H18OSi. The molecule has 1 rings (SSSR count). The molecule has 0 atom stereocenters. The fourth-order valence-corrected chi connectivity index (χ4v) is 1.75. The zero-order chi connectivity index (χ0) is 10.6. The number of rotatable bonds is 3. The van der Waals surface area contributed by atoms with E-state index in [9.17, 15) is 0 Å². The van der Waals surface area contributed by atoms with Gasteiger partial charge in [-0.25, -0.2) is 0 Å². The predicted octanol–water partition coefficient (Wildman–Crippen LogP) is 3.59. The first-order valence-electron chi connectivity index (χ1n) is 4.84. The zero-order valence-corrected chi connectivity index (χ0v) is 10.4. The lowest BCUT2D eigenvalue weighted by Crippen LogP contribution is -2.15. The van der Waals surface area contributed by atoms with Crippen LogP contribution in [0.5, 0.6) is 5.75 Å². The Balaban J connectivity index is 2.74. The summed E-state index contributed by atoms with van der Waals surface area (Å²) in [6.45, 7) is 6.98. The Kier molecular flexibility index (Phi) is 3.53. The highest BCUT2D eigenvalue weighted by Gasteiger charge is 2.06. The lowest BCUT2D eigenvalue weighted by atomic mass is 10.2. The minimum absolute atomic E-state index is 0.912. The van der Waals surface area contributed by atoms with Crippen molar-refractivity contribution in [3.8, 4) is 5.75 Å². The van der Waals surface area contributed by atoms with Gasteiger partial charge in [0.2, 0.25) is 0 Å². The fourth-order valence-electron chi connectivity index (χ4n) is 1.06. The third-order valence-corrected chi connectivity index (χ3v) is 3.06. The molecule has 0 saturated heterocycles. The molecule has 1 aromatic rings. The SMILES string of the molecule is COc1ccc(/C=C\[Si](C)(C)C)cc1. The van der Waals surface area contributed by atoms with Gasteiger partial charge in [-0.1, -0.05) is 43.5 Å². The second kappa shape index (κ2) is 4.47. The highest BCUT2D eigenvalue weighted by molar-refractivity contribution is 6.81. The van der Waals surface area contributed by atoms with Crippen molar-refractivity contribution in [2.75, 3.05) is 7.11 Å². The van der Waals surface area contributed by atoms with Gasteiger partial charge in [0.25, 0.3) is 0 Å². The summed E-state index contributed by atoms with van der Waals surface area (Å²) in [5.74, 6) is 0.912. The van der Waals surface area contributed by atoms with Gasteiger partial charge in [0.05, 0.1) is 15.2 Å². The molecular weight excluding hydrogens is 188 g/mol. The summed E-state index contributed by atoms with van der Waals surface area (Å²) in [6, 6.07) is 8.14. The van der Waals surface area contributed by atoms with Crippen molar-refractivity contribution < 1.29 is 4.74 Å². The van der Waals surface area contributed by atoms with E-state index < -0.39 is 8.07 Å². The Morgan fingerprint density at radius 2 is 1.64 bits per heavy atom. The van der Waals surface area contributed by atoms with Gasteiger partial charge in [0, 0.05) is 0 Å². The van der Waals surface area contributed by atoms with E-state index in [0.29, 0.717) is 0 Å². The number of ether oxygens (including phenoxy) is 1. The van der Waals surface area contributed by atoms with Crippen LogP contribution in [-0.4, -0.2) is 15.2 Å². The van der Waals surface area contributed by atoms with E-state index >= 15 is 0 Å². The van der Waals surface area contributed by atoms with Gasteiger partial charge >= 0.3 is 0 Å². The molecule has 1 nitrogen and oxygen atoms in total. The number of methoxy groups -OCH3 is 1. The average Bonchev–Trinajstić information content (AvgIpc) is 2.14. The first-order chi connectivity index (χ1) is 6.51. The first-order valence-corrected chi connectivity index (χ1v) is 8.42. The van der Waals surface area contributed by atoms with Crippen LogP contribution in [0, 0.1) is 0 Å². The van der Waals surface area contributed by atoms with Gasteiger partial charge in [-0.15, -0.1) is 0 Å². The first kappa shape index (κ1) is 11.1. The van der Waals surface area contributed by atoms with E-state index in [1.165, 1.54) is 5.56 Å². The van der Waals surface area contributed by atoms with Crippen molar-refractivity contribution in [1.29, 1.82) is 0 Å². The van der Waals surface area contributed by atoms with E-state index in [4.69, 9.17) is 4.74 Å². The normalized spacial score (nSPS) is 12.0. The van der Waals surface area contributed by atoms with E-state index in [2.05, 4.69) is 43.5 Å². The molecule has 0 N–H and O–H groups in total. The van der Waals surface area contributed by atoms with Crippen LogP contribution in [-0.2, 0) is 0 Å². The van der Waals surface area contributed by atoms with Gasteiger partial charge in [0.1, 0.15) is 5.75 Å². The quantitative estimate of drug-likeness (QED) is 0.687. The van der Waals surface area contributed by atoms with Crippen molar-refractivity contribution in [3.63, 3.8) is 0 Å². The van der Waals surface area contributed by atoms with Crippen molar-refractivity contribution in [2.45, 2.75) is 19.6 Å². The van der Waals surface area contributed by atoms with Crippen LogP contribution < -0.4 is 4.74 Å². The van der Waals surface area contributed by atoms with Crippen molar-refractivity contribution in [2.24, 2.45) is 0 Å². The summed E-state index contributed by atoms with van der Waals surface area (Å²) in [5.41, 5.74) is 3.59. The maximum absolute atomic E-state index is 5.10. The smallest absolute Gasteiger partial charge is 0.118 e. The molecule has 14 heavy (non-hydrogen) atoms. The minimum Gasteiger partial charge on any atom is -0.497 e. The fraction of sp³-hybridized carbons (Fsp3) is 0.333. The second-order valence-corrected chi connectivity index (χ2v) is 9.54. The van der Waals surface area contributed by atoms with Crippen LogP contribution in [0.1, 0.15) is 5.56 Å². The molecule has 0 amide bonds. The maximum atomic E-state index is 5.10. The van der Waals surface area contributed by atoms with Crippen LogP contribution in [0.3, 0.4) is 0 Å². The molecule has 0 fully saturated rings. The number of benzene rings is 1. The van der Waals surface area contributed by atoms with Crippen molar-refractivity contribution in [1.82, 2.24) is 0 Å². The molecule has 1 aromatic carbocycles. The largest absolute Gasteiger partial charge is 0.497 e. The van der Waals surface area contributed by atoms with Gasteiger partial charge in [-0.3, -0.25) is 0 Å². The molecule has 2 heteroatoms. The van der Waals surface area contributed by atoms with E-state index in [-0.39, 0.29) is 0 Å². The predicted molar refractivity (Wildman–Crippen MR) is 65.4 cm³/mol. The summed E-state index contributed by atoms with van der Waals surface area (Å²) < 4.78 is 5.10. The Hall–Kier alpha value is -1.02. The van der Waals surface area contributed by atoms with Crippen molar-refractivity contribution >= 4 is 14.1 Å². The Labute approximate surface area is 87.4 Å². The molecule has 0 saturated carbocycles. The lowest BCUT2D eigenvalue weighted by molar-refractivity contribution is 0.415. The summed E-state index contributed by atoms with van der Waals surface area (Å²) in [4.78, 5) is 0. The van der Waals surface area contributed by atoms with Gasteiger partial charge in [-0.05, 0) is 17.7 Å². The number of hydrogen-bond donors (Lipinski definition) is 0. The zero-order valence-electron chi connectivity index (χ0n) is 9.37. The molecule has 0 heterocycles. The topological polar surface area (TPSA) is 9.23 Å². The number of hydrogen-bond acceptors (Lipinski definition) is 1. The highest BCUT2D eigenvalue weighted by atomic mass is 28.3. The van der Waals surface area contributed by atoms with E-state index in [0.717, 1.165) is 5.75 Å². The van der Waals surface area contributed by atoms with Gasteiger partial charge < -0.3 is 4.74 Å². The molecule has 0 bridgehead atoms. The third kappa shape index (κ3) is 3.79. The van der Waals surface area contributed by atoms with Crippen LogP contribution in [0.15, 0.2) is 30.0 Å². The summed E-state index contributed by atoms with van der Waals surface area (Å²) >= 11 is 0. The second-order valence-electron chi connectivity index (χ2n) is 4.47. The molecule has 0 aromatic heterocycles. The summed E-state index contributed by atoms with van der Waals surface area (Å²) in [6.07, 6.45) is 2.20. The Morgan fingerprint density at radius 1 is 1.07 bits per heavy atom. The monoisotopic (exact) mass is 206 g/mol. The van der Waals surface area contributed by atoms with Crippen LogP contribution in [0.2, 0.25) is 19.6 Å². The standard InChI is InChI=1S/C12H18OSi/c1-13-12-7-5-11(6-8-12)9-10-14(2,3)4/h5-10H,1-4H3/b10-9-. The lowest BCUT2D eigenvalue weighted by Gasteiger charge is -2.08. The molecule has 0 aliphatic rings. The Bertz CT molecular complexity index is 306. The van der Waals surface area contributed by atoms with Crippen LogP contribution in [0.25, 0.3) is 6.08 Å². The van der Waals surface area contributed by atoms with E-state index in [1.54, 1.807) is 7.11 Å². The molecule has 0 radical (unpaired) electrons. The van der Waals surface area contributed by atoms with Crippen LogP contribution in [0.4, 0.5) is 0 Å². The molecule has 0 spiro atoms. The maximum Gasteiger partial charge on any atom is 0.118 e. The molecule has 0 aliphatic heterocycles. The van der Waals surface area contributed by atoms with Crippen LogP contribution >= 0.6 is 0 Å². The average molecular weight is 206 g/mol. The summed E-state index contributed by atoms with van der Waals surface area (Å²) in [7, 11) is 0.614. The molecule has 0 aliphatic carbocycles. The van der Waals surface area contributed by atoms with Gasteiger partial charge in [0.15, 0.2) is 0 Å². The van der Waals surface area contributed by atoms with E-state index in [1.807, 2.05) is 12.1 Å². The third-order valence-electron chi connectivity index (χ3n) is 1.89. The highest BCUT2D eigenvalue weighted by Crippen LogP contribution is 2.13. The van der Waals surface area contributed by atoms with Crippen molar-refractivity contribution in [3.05, 3.63) is 35.5 Å².